The Hall–Kier alpha value is -2.70. The predicted molar refractivity (Wildman–Crippen MR) is 80.8 cm³/mol. The van der Waals surface area contributed by atoms with Crippen molar-refractivity contribution in [2.24, 2.45) is 0 Å². The number of methoxy groups -OCH3 is 1. The molecule has 2 aromatic carbocycles. The molecule has 2 rings (SSSR count). The zero-order valence-electron chi connectivity index (χ0n) is 12.6. The van der Waals surface area contributed by atoms with E-state index in [-0.39, 0.29) is 22.4 Å². The van der Waals surface area contributed by atoms with E-state index in [1.54, 1.807) is 13.0 Å². The Kier molecular flexibility index (Phi) is 4.49. The van der Waals surface area contributed by atoms with Gasteiger partial charge in [-0.2, -0.15) is 0 Å². The van der Waals surface area contributed by atoms with E-state index in [0.29, 0.717) is 5.56 Å². The predicted octanol–water partition coefficient (Wildman–Crippen LogP) is 1.24. The maximum atomic E-state index is 12.6. The topological polar surface area (TPSA) is 104 Å². The summed E-state index contributed by atoms with van der Waals surface area (Å²) >= 11 is 0. The molecule has 0 aliphatic rings. The molecule has 2 aromatic rings. The third-order valence-electron chi connectivity index (χ3n) is 3.49. The fraction of sp³-hybridized carbons (Fsp3) is 0.176. The van der Waals surface area contributed by atoms with Gasteiger partial charge in [-0.25, -0.2) is 4.79 Å². The highest BCUT2D eigenvalue weighted by Crippen LogP contribution is 2.27. The number of rotatable bonds is 4. The van der Waals surface area contributed by atoms with Crippen molar-refractivity contribution in [3.05, 3.63) is 64.7 Å². The SMILES string of the molecule is COC(=O)C(O)(O)c1ccccc1C(=O)c1ccc(C)c(O)c1. The fourth-order valence-corrected chi connectivity index (χ4v) is 2.14. The Morgan fingerprint density at radius 3 is 2.35 bits per heavy atom. The van der Waals surface area contributed by atoms with E-state index in [1.165, 1.54) is 36.4 Å². The summed E-state index contributed by atoms with van der Waals surface area (Å²) in [5.74, 6) is -4.87. The van der Waals surface area contributed by atoms with Gasteiger partial charge >= 0.3 is 5.97 Å². The van der Waals surface area contributed by atoms with Gasteiger partial charge in [0.05, 0.1) is 7.11 Å². The lowest BCUT2D eigenvalue weighted by atomic mass is 9.93. The molecule has 0 saturated heterocycles. The molecule has 3 N–H and O–H groups in total. The molecule has 0 spiro atoms. The summed E-state index contributed by atoms with van der Waals surface area (Å²) in [7, 11) is 1.01. The standard InChI is InChI=1S/C17H16O6/c1-10-7-8-11(9-14(10)18)15(19)12-5-3-4-6-13(12)17(21,22)16(20)23-2/h3-9,18,21-22H,1-2H3. The molecule has 0 saturated carbocycles. The molecule has 0 amide bonds. The lowest BCUT2D eigenvalue weighted by molar-refractivity contribution is -0.211. The first-order valence-electron chi connectivity index (χ1n) is 6.76. The van der Waals surface area contributed by atoms with Crippen molar-refractivity contribution in [3.63, 3.8) is 0 Å². The number of phenols is 1. The smallest absolute Gasteiger partial charge is 0.371 e. The van der Waals surface area contributed by atoms with Crippen molar-refractivity contribution in [2.75, 3.05) is 7.11 Å². The van der Waals surface area contributed by atoms with Crippen LogP contribution in [-0.4, -0.2) is 34.2 Å². The van der Waals surface area contributed by atoms with Crippen LogP contribution in [0, 0.1) is 6.92 Å². The van der Waals surface area contributed by atoms with Crippen LogP contribution in [0.15, 0.2) is 42.5 Å². The van der Waals surface area contributed by atoms with Gasteiger partial charge in [0.15, 0.2) is 5.78 Å². The maximum absolute atomic E-state index is 12.6. The first kappa shape index (κ1) is 16.7. The van der Waals surface area contributed by atoms with Gasteiger partial charge in [-0.1, -0.05) is 36.4 Å². The zero-order valence-corrected chi connectivity index (χ0v) is 12.6. The Balaban J connectivity index is 2.54. The lowest BCUT2D eigenvalue weighted by Gasteiger charge is -2.21. The van der Waals surface area contributed by atoms with Crippen LogP contribution in [-0.2, 0) is 15.3 Å². The van der Waals surface area contributed by atoms with Crippen LogP contribution in [0.5, 0.6) is 5.75 Å². The molecule has 0 aliphatic heterocycles. The number of phenolic OH excluding ortho intramolecular Hbond substituents is 1. The number of carbonyl (C=O) groups is 2. The van der Waals surface area contributed by atoms with Crippen molar-refractivity contribution >= 4 is 11.8 Å². The summed E-state index contributed by atoms with van der Waals surface area (Å²) in [5, 5.41) is 29.7. The van der Waals surface area contributed by atoms with Crippen LogP contribution in [0.25, 0.3) is 0 Å². The first-order valence-corrected chi connectivity index (χ1v) is 6.76. The van der Waals surface area contributed by atoms with Crippen LogP contribution in [0.1, 0.15) is 27.0 Å². The number of ketones is 1. The Morgan fingerprint density at radius 2 is 1.74 bits per heavy atom. The highest BCUT2D eigenvalue weighted by atomic mass is 16.6. The largest absolute Gasteiger partial charge is 0.508 e. The summed E-state index contributed by atoms with van der Waals surface area (Å²) in [6.45, 7) is 1.68. The average molecular weight is 316 g/mol. The van der Waals surface area contributed by atoms with E-state index in [2.05, 4.69) is 4.74 Å². The second-order valence-electron chi connectivity index (χ2n) is 5.04. The average Bonchev–Trinajstić information content (AvgIpc) is 2.55. The van der Waals surface area contributed by atoms with Gasteiger partial charge in [0.1, 0.15) is 5.75 Å². The van der Waals surface area contributed by atoms with E-state index in [0.717, 1.165) is 7.11 Å². The molecule has 6 nitrogen and oxygen atoms in total. The first-order chi connectivity index (χ1) is 10.8. The highest BCUT2D eigenvalue weighted by molar-refractivity contribution is 6.10. The molecule has 0 heterocycles. The minimum absolute atomic E-state index is 0.0550. The van der Waals surface area contributed by atoms with Gasteiger partial charge < -0.3 is 20.1 Å². The number of aliphatic hydroxyl groups is 2. The molecule has 0 aromatic heterocycles. The van der Waals surface area contributed by atoms with Crippen LogP contribution in [0.4, 0.5) is 0 Å². The molecule has 0 unspecified atom stereocenters. The van der Waals surface area contributed by atoms with Crippen molar-refractivity contribution in [2.45, 2.75) is 12.7 Å². The molecule has 0 bridgehead atoms. The minimum Gasteiger partial charge on any atom is -0.508 e. The van der Waals surface area contributed by atoms with E-state index < -0.39 is 17.5 Å². The van der Waals surface area contributed by atoms with Crippen LogP contribution < -0.4 is 0 Å². The molecular formula is C17H16O6. The lowest BCUT2D eigenvalue weighted by Crippen LogP contribution is -2.38. The molecule has 0 radical (unpaired) electrons. The fourth-order valence-electron chi connectivity index (χ4n) is 2.14. The van der Waals surface area contributed by atoms with Crippen LogP contribution in [0.3, 0.4) is 0 Å². The number of hydrogen-bond donors (Lipinski definition) is 3. The van der Waals surface area contributed by atoms with Crippen molar-refractivity contribution in [3.8, 4) is 5.75 Å². The zero-order chi connectivity index (χ0) is 17.2. The number of ether oxygens (including phenoxy) is 1. The Labute approximate surface area is 132 Å². The monoisotopic (exact) mass is 316 g/mol. The second kappa shape index (κ2) is 6.20. The van der Waals surface area contributed by atoms with Crippen molar-refractivity contribution in [1.82, 2.24) is 0 Å². The van der Waals surface area contributed by atoms with E-state index in [9.17, 15) is 24.9 Å². The van der Waals surface area contributed by atoms with Gasteiger partial charge in [0.2, 0.25) is 0 Å². The van der Waals surface area contributed by atoms with Gasteiger partial charge in [0, 0.05) is 16.7 Å². The molecule has 23 heavy (non-hydrogen) atoms. The van der Waals surface area contributed by atoms with Crippen molar-refractivity contribution < 1.29 is 29.6 Å². The van der Waals surface area contributed by atoms with Gasteiger partial charge in [-0.3, -0.25) is 4.79 Å². The van der Waals surface area contributed by atoms with Gasteiger partial charge in [0.25, 0.3) is 5.79 Å². The number of aryl methyl sites for hydroxylation is 1. The van der Waals surface area contributed by atoms with Crippen LogP contribution in [0.2, 0.25) is 0 Å². The molecular weight excluding hydrogens is 300 g/mol. The third kappa shape index (κ3) is 3.08. The highest BCUT2D eigenvalue weighted by Gasteiger charge is 2.40. The third-order valence-corrected chi connectivity index (χ3v) is 3.49. The number of esters is 1. The Morgan fingerprint density at radius 1 is 1.09 bits per heavy atom. The van der Waals surface area contributed by atoms with E-state index in [4.69, 9.17) is 0 Å². The van der Waals surface area contributed by atoms with Crippen LogP contribution >= 0.6 is 0 Å². The maximum Gasteiger partial charge on any atom is 0.371 e. The summed E-state index contributed by atoms with van der Waals surface area (Å²) in [5.41, 5.74) is 0.382. The second-order valence-corrected chi connectivity index (χ2v) is 5.04. The molecule has 0 aliphatic carbocycles. The number of carbonyl (C=O) groups excluding carboxylic acids is 2. The quantitative estimate of drug-likeness (QED) is 0.445. The van der Waals surface area contributed by atoms with E-state index in [1.807, 2.05) is 0 Å². The normalized spacial score (nSPS) is 11.1. The summed E-state index contributed by atoms with van der Waals surface area (Å²) in [4.78, 5) is 24.2. The Bertz CT molecular complexity index is 763. The number of benzene rings is 2. The number of hydrogen-bond acceptors (Lipinski definition) is 6. The molecule has 120 valence electrons. The summed E-state index contributed by atoms with van der Waals surface area (Å²) < 4.78 is 4.35. The van der Waals surface area contributed by atoms with Gasteiger partial charge in [-0.05, 0) is 18.6 Å². The summed E-state index contributed by atoms with van der Waals surface area (Å²) in [6, 6.07) is 9.94. The van der Waals surface area contributed by atoms with E-state index >= 15 is 0 Å². The number of aromatic hydroxyl groups is 1. The van der Waals surface area contributed by atoms with Crippen molar-refractivity contribution in [1.29, 1.82) is 0 Å². The van der Waals surface area contributed by atoms with Gasteiger partial charge in [-0.15, -0.1) is 0 Å². The molecule has 6 heteroatoms. The molecule has 0 fully saturated rings. The minimum atomic E-state index is -2.95. The summed E-state index contributed by atoms with van der Waals surface area (Å²) in [6.07, 6.45) is 0. The molecule has 0 atom stereocenters.